The summed E-state index contributed by atoms with van der Waals surface area (Å²) in [6.07, 6.45) is 0.148. The minimum absolute atomic E-state index is 0.0709. The Bertz CT molecular complexity index is 479. The van der Waals surface area contributed by atoms with E-state index in [9.17, 15) is 4.79 Å². The van der Waals surface area contributed by atoms with E-state index in [2.05, 4.69) is 5.32 Å². The zero-order chi connectivity index (χ0) is 14.5. The number of hydrogen-bond donors (Lipinski definition) is 2. The molecule has 0 spiro atoms. The third kappa shape index (κ3) is 4.02. The lowest BCUT2D eigenvalue weighted by atomic mass is 10.2. The summed E-state index contributed by atoms with van der Waals surface area (Å²) in [6.45, 7) is 3.64. The first-order valence-electron chi connectivity index (χ1n) is 6.68. The SMILES string of the molecule is CC(O)CCNC(=O)CN1CCOc2ccc(Cl)cc21. The second-order valence-electron chi connectivity index (χ2n) is 4.87. The van der Waals surface area contributed by atoms with E-state index in [1.807, 2.05) is 11.0 Å². The molecule has 0 saturated heterocycles. The first-order valence-corrected chi connectivity index (χ1v) is 7.06. The van der Waals surface area contributed by atoms with Crippen LogP contribution in [0.3, 0.4) is 0 Å². The van der Waals surface area contributed by atoms with Gasteiger partial charge in [0.25, 0.3) is 0 Å². The summed E-state index contributed by atoms with van der Waals surface area (Å²) in [5.74, 6) is 0.677. The third-order valence-electron chi connectivity index (χ3n) is 3.10. The van der Waals surface area contributed by atoms with Crippen LogP contribution in [0.2, 0.25) is 5.02 Å². The molecule has 0 saturated carbocycles. The molecule has 110 valence electrons. The Morgan fingerprint density at radius 1 is 1.60 bits per heavy atom. The fourth-order valence-corrected chi connectivity index (χ4v) is 2.23. The van der Waals surface area contributed by atoms with Gasteiger partial charge in [-0.15, -0.1) is 0 Å². The number of carbonyl (C=O) groups excluding carboxylic acids is 1. The van der Waals surface area contributed by atoms with E-state index >= 15 is 0 Å². The van der Waals surface area contributed by atoms with Crippen LogP contribution in [0.5, 0.6) is 5.75 Å². The molecule has 2 N–H and O–H groups in total. The normalized spacial score (nSPS) is 15.2. The number of carbonyl (C=O) groups is 1. The second kappa shape index (κ2) is 6.81. The molecular weight excluding hydrogens is 280 g/mol. The van der Waals surface area contributed by atoms with Gasteiger partial charge in [-0.3, -0.25) is 4.79 Å². The number of amides is 1. The van der Waals surface area contributed by atoms with Crippen LogP contribution in [0.4, 0.5) is 5.69 Å². The van der Waals surface area contributed by atoms with Crippen molar-refractivity contribution < 1.29 is 14.6 Å². The topological polar surface area (TPSA) is 61.8 Å². The molecular formula is C14H19ClN2O3. The highest BCUT2D eigenvalue weighted by Gasteiger charge is 2.20. The van der Waals surface area contributed by atoms with Crippen molar-refractivity contribution in [1.29, 1.82) is 0 Å². The molecule has 6 heteroatoms. The lowest BCUT2D eigenvalue weighted by Gasteiger charge is -2.30. The number of benzene rings is 1. The second-order valence-corrected chi connectivity index (χ2v) is 5.31. The Labute approximate surface area is 123 Å². The van der Waals surface area contributed by atoms with E-state index in [1.165, 1.54) is 0 Å². The molecule has 1 unspecified atom stereocenters. The molecule has 1 amide bonds. The van der Waals surface area contributed by atoms with Crippen LogP contribution in [0.1, 0.15) is 13.3 Å². The molecule has 1 heterocycles. The lowest BCUT2D eigenvalue weighted by molar-refractivity contribution is -0.119. The summed E-state index contributed by atoms with van der Waals surface area (Å²) >= 11 is 5.99. The summed E-state index contributed by atoms with van der Waals surface area (Å²) in [6, 6.07) is 5.39. The summed E-state index contributed by atoms with van der Waals surface area (Å²) < 4.78 is 5.54. The maximum absolute atomic E-state index is 11.9. The molecule has 1 atom stereocenters. The molecule has 0 radical (unpaired) electrons. The summed E-state index contributed by atoms with van der Waals surface area (Å²) in [4.78, 5) is 13.8. The van der Waals surface area contributed by atoms with E-state index in [-0.39, 0.29) is 12.5 Å². The molecule has 1 aromatic rings. The number of aliphatic hydroxyl groups is 1. The number of nitrogens with one attached hydrogen (secondary N) is 1. The Balaban J connectivity index is 1.94. The van der Waals surface area contributed by atoms with Crippen molar-refractivity contribution in [3.63, 3.8) is 0 Å². The first kappa shape index (κ1) is 14.9. The predicted molar refractivity (Wildman–Crippen MR) is 78.5 cm³/mol. The number of halogens is 1. The average Bonchev–Trinajstić information content (AvgIpc) is 2.39. The van der Waals surface area contributed by atoms with Crippen LogP contribution in [0, 0.1) is 0 Å². The van der Waals surface area contributed by atoms with Gasteiger partial charge in [0.1, 0.15) is 12.4 Å². The molecule has 5 nitrogen and oxygen atoms in total. The molecule has 1 aliphatic rings. The Morgan fingerprint density at radius 2 is 2.40 bits per heavy atom. The van der Waals surface area contributed by atoms with E-state index < -0.39 is 6.10 Å². The maximum Gasteiger partial charge on any atom is 0.239 e. The van der Waals surface area contributed by atoms with Crippen molar-refractivity contribution in [2.75, 3.05) is 31.1 Å². The van der Waals surface area contributed by atoms with E-state index in [4.69, 9.17) is 21.4 Å². The molecule has 0 aromatic heterocycles. The Hall–Kier alpha value is -1.46. The van der Waals surface area contributed by atoms with Crippen molar-refractivity contribution in [1.82, 2.24) is 5.32 Å². The Kier molecular flexibility index (Phi) is 5.09. The maximum atomic E-state index is 11.9. The van der Waals surface area contributed by atoms with Crippen LogP contribution in [0.15, 0.2) is 18.2 Å². The molecule has 1 aromatic carbocycles. The van der Waals surface area contributed by atoms with Crippen LogP contribution in [0.25, 0.3) is 0 Å². The summed E-state index contributed by atoms with van der Waals surface area (Å²) in [5.41, 5.74) is 0.842. The van der Waals surface area contributed by atoms with E-state index in [0.29, 0.717) is 31.1 Å². The lowest BCUT2D eigenvalue weighted by Crippen LogP contribution is -2.41. The smallest absolute Gasteiger partial charge is 0.239 e. The molecule has 2 rings (SSSR count). The quantitative estimate of drug-likeness (QED) is 0.863. The fraction of sp³-hybridized carbons (Fsp3) is 0.500. The molecule has 0 aliphatic carbocycles. The number of ether oxygens (including phenoxy) is 1. The van der Waals surface area contributed by atoms with Crippen LogP contribution in [-0.2, 0) is 4.79 Å². The first-order chi connectivity index (χ1) is 9.56. The average molecular weight is 299 g/mol. The third-order valence-corrected chi connectivity index (χ3v) is 3.33. The summed E-state index contributed by atoms with van der Waals surface area (Å²) in [5, 5.41) is 12.6. The van der Waals surface area contributed by atoms with Gasteiger partial charge < -0.3 is 20.1 Å². The van der Waals surface area contributed by atoms with Gasteiger partial charge in [-0.2, -0.15) is 0 Å². The monoisotopic (exact) mass is 298 g/mol. The van der Waals surface area contributed by atoms with Gasteiger partial charge in [-0.05, 0) is 31.5 Å². The molecule has 20 heavy (non-hydrogen) atoms. The standard InChI is InChI=1S/C14H19ClN2O3/c1-10(18)4-5-16-14(19)9-17-6-7-20-13-3-2-11(15)8-12(13)17/h2-3,8,10,18H,4-7,9H2,1H3,(H,16,19). The van der Waals surface area contributed by atoms with Gasteiger partial charge in [-0.25, -0.2) is 0 Å². The van der Waals surface area contributed by atoms with Crippen molar-refractivity contribution >= 4 is 23.2 Å². The van der Waals surface area contributed by atoms with E-state index in [0.717, 1.165) is 11.4 Å². The fourth-order valence-electron chi connectivity index (χ4n) is 2.06. The van der Waals surface area contributed by atoms with Gasteiger partial charge in [0.05, 0.1) is 24.9 Å². The Morgan fingerprint density at radius 3 is 3.15 bits per heavy atom. The van der Waals surface area contributed by atoms with Crippen LogP contribution in [-0.4, -0.2) is 43.4 Å². The summed E-state index contributed by atoms with van der Waals surface area (Å²) in [7, 11) is 0. The molecule has 0 bridgehead atoms. The zero-order valence-corrected chi connectivity index (χ0v) is 12.2. The molecule has 0 fully saturated rings. The van der Waals surface area contributed by atoms with Gasteiger partial charge >= 0.3 is 0 Å². The highest BCUT2D eigenvalue weighted by atomic mass is 35.5. The number of fused-ring (bicyclic) bond motifs is 1. The number of rotatable bonds is 5. The van der Waals surface area contributed by atoms with Crippen molar-refractivity contribution in [3.05, 3.63) is 23.2 Å². The number of nitrogens with zero attached hydrogens (tertiary/aromatic N) is 1. The largest absolute Gasteiger partial charge is 0.490 e. The van der Waals surface area contributed by atoms with Crippen molar-refractivity contribution in [2.24, 2.45) is 0 Å². The number of hydrogen-bond acceptors (Lipinski definition) is 4. The highest BCUT2D eigenvalue weighted by molar-refractivity contribution is 6.31. The highest BCUT2D eigenvalue weighted by Crippen LogP contribution is 2.33. The predicted octanol–water partition coefficient (Wildman–Crippen LogP) is 1.43. The van der Waals surface area contributed by atoms with E-state index in [1.54, 1.807) is 19.1 Å². The van der Waals surface area contributed by atoms with Gasteiger partial charge in [0, 0.05) is 11.6 Å². The number of anilines is 1. The molecule has 1 aliphatic heterocycles. The minimum atomic E-state index is -0.404. The van der Waals surface area contributed by atoms with Gasteiger partial charge in [0.2, 0.25) is 5.91 Å². The van der Waals surface area contributed by atoms with Crippen molar-refractivity contribution in [3.8, 4) is 5.75 Å². The van der Waals surface area contributed by atoms with Gasteiger partial charge in [-0.1, -0.05) is 11.6 Å². The van der Waals surface area contributed by atoms with Crippen LogP contribution >= 0.6 is 11.6 Å². The number of aliphatic hydroxyl groups excluding tert-OH is 1. The minimum Gasteiger partial charge on any atom is -0.490 e. The van der Waals surface area contributed by atoms with Crippen LogP contribution < -0.4 is 15.0 Å². The zero-order valence-electron chi connectivity index (χ0n) is 11.4. The van der Waals surface area contributed by atoms with Gasteiger partial charge in [0.15, 0.2) is 0 Å². The van der Waals surface area contributed by atoms with Crippen molar-refractivity contribution in [2.45, 2.75) is 19.4 Å².